The van der Waals surface area contributed by atoms with E-state index in [1.54, 1.807) is 21.5 Å². The van der Waals surface area contributed by atoms with Crippen molar-refractivity contribution in [1.82, 2.24) is 29.7 Å². The molecule has 5 rings (SSSR count). The highest BCUT2D eigenvalue weighted by molar-refractivity contribution is 7.99. The molecule has 1 aliphatic rings. The normalized spacial score (nSPS) is 12.8. The highest BCUT2D eigenvalue weighted by Crippen LogP contribution is 2.35. The van der Waals surface area contributed by atoms with Crippen LogP contribution in [0.4, 0.5) is 4.39 Å². The second-order valence-electron chi connectivity index (χ2n) is 7.61. The van der Waals surface area contributed by atoms with Crippen LogP contribution in [0.25, 0.3) is 16.6 Å². The summed E-state index contributed by atoms with van der Waals surface area (Å²) in [7, 11) is 1.84. The van der Waals surface area contributed by atoms with Crippen LogP contribution in [0.5, 0.6) is 0 Å². The molecule has 1 fully saturated rings. The van der Waals surface area contributed by atoms with Crippen LogP contribution < -0.4 is 5.32 Å². The van der Waals surface area contributed by atoms with Gasteiger partial charge in [-0.25, -0.2) is 13.9 Å². The minimum atomic E-state index is -0.399. The summed E-state index contributed by atoms with van der Waals surface area (Å²) >= 11 is 1.18. The molecular formula is C25H30FN7S. The molecule has 0 bridgehead atoms. The Balaban J connectivity index is 0.000000348. The molecule has 9 heteroatoms. The van der Waals surface area contributed by atoms with Crippen LogP contribution in [0.15, 0.2) is 52.9 Å². The molecule has 34 heavy (non-hydrogen) atoms. The Morgan fingerprint density at radius 1 is 1.06 bits per heavy atom. The van der Waals surface area contributed by atoms with Gasteiger partial charge in [0.15, 0.2) is 5.82 Å². The number of aryl methyl sites for hydroxylation is 2. The first-order valence-electron chi connectivity index (χ1n) is 11.5. The predicted octanol–water partition coefficient (Wildman–Crippen LogP) is 5.39. The standard InChI is InChI=1S/C18H13FN6S.C5H11N.C2H6/c1-11-3-4-15(19)18(23-11)26-16-5-12(14-8-21-24(2)9-14)10-25-17(16)13(6-20)7-22-25;1-2-4-6-5-3-1;1-2/h3-5,7-10H,1-2H3;6H,1-5H2;1-2H3. The highest BCUT2D eigenvalue weighted by atomic mass is 32.2. The molecule has 5 heterocycles. The Morgan fingerprint density at radius 2 is 1.82 bits per heavy atom. The first-order valence-corrected chi connectivity index (χ1v) is 12.3. The van der Waals surface area contributed by atoms with Gasteiger partial charge >= 0.3 is 0 Å². The minimum Gasteiger partial charge on any atom is -0.317 e. The van der Waals surface area contributed by atoms with Gasteiger partial charge in [0.05, 0.1) is 23.5 Å². The third-order valence-electron chi connectivity index (χ3n) is 5.10. The lowest BCUT2D eigenvalue weighted by atomic mass is 10.1. The molecule has 4 aromatic heterocycles. The quantitative estimate of drug-likeness (QED) is 0.424. The average Bonchev–Trinajstić information content (AvgIpc) is 3.50. The second-order valence-corrected chi connectivity index (χ2v) is 8.64. The molecule has 0 unspecified atom stereocenters. The summed E-state index contributed by atoms with van der Waals surface area (Å²) in [6, 6.07) is 7.07. The van der Waals surface area contributed by atoms with Crippen LogP contribution in [0.1, 0.15) is 44.4 Å². The third kappa shape index (κ3) is 6.22. The maximum absolute atomic E-state index is 14.2. The number of nitrogens with one attached hydrogen (secondary N) is 1. The van der Waals surface area contributed by atoms with Crippen molar-refractivity contribution in [2.75, 3.05) is 13.1 Å². The van der Waals surface area contributed by atoms with E-state index in [0.29, 0.717) is 16.0 Å². The van der Waals surface area contributed by atoms with E-state index < -0.39 is 5.82 Å². The molecule has 0 spiro atoms. The monoisotopic (exact) mass is 479 g/mol. The van der Waals surface area contributed by atoms with Crippen LogP contribution >= 0.6 is 11.8 Å². The number of nitriles is 1. The second kappa shape index (κ2) is 12.3. The van der Waals surface area contributed by atoms with Gasteiger partial charge in [0.1, 0.15) is 11.1 Å². The van der Waals surface area contributed by atoms with Gasteiger partial charge in [-0.3, -0.25) is 4.68 Å². The Bertz CT molecular complexity index is 1260. The van der Waals surface area contributed by atoms with Crippen molar-refractivity contribution in [3.63, 3.8) is 0 Å². The smallest absolute Gasteiger partial charge is 0.155 e. The van der Waals surface area contributed by atoms with Crippen LogP contribution in [-0.4, -0.2) is 37.5 Å². The van der Waals surface area contributed by atoms with E-state index in [1.807, 2.05) is 46.3 Å². The number of rotatable bonds is 3. The molecule has 7 nitrogen and oxygen atoms in total. The Kier molecular flexibility index (Phi) is 9.19. The van der Waals surface area contributed by atoms with Gasteiger partial charge < -0.3 is 5.32 Å². The molecule has 0 atom stereocenters. The van der Waals surface area contributed by atoms with Crippen molar-refractivity contribution in [2.45, 2.75) is 50.0 Å². The van der Waals surface area contributed by atoms with Crippen molar-refractivity contribution in [1.29, 1.82) is 5.26 Å². The molecule has 0 aliphatic carbocycles. The number of fused-ring (bicyclic) bond motifs is 1. The zero-order valence-corrected chi connectivity index (χ0v) is 20.9. The van der Waals surface area contributed by atoms with Crippen molar-refractivity contribution in [3.8, 4) is 17.2 Å². The SMILES string of the molecule is C1CCNCC1.CC.Cc1ccc(F)c(Sc2cc(-c3cnn(C)c3)cn3ncc(C#N)c23)n1. The number of aromatic nitrogens is 5. The van der Waals surface area contributed by atoms with Gasteiger partial charge in [-0.2, -0.15) is 15.5 Å². The number of halogens is 1. The van der Waals surface area contributed by atoms with E-state index in [0.717, 1.165) is 16.8 Å². The largest absolute Gasteiger partial charge is 0.317 e. The van der Waals surface area contributed by atoms with E-state index in [9.17, 15) is 9.65 Å². The molecule has 0 amide bonds. The van der Waals surface area contributed by atoms with Crippen LogP contribution in [0.2, 0.25) is 0 Å². The molecule has 4 aromatic rings. The lowest BCUT2D eigenvalue weighted by Gasteiger charge is -2.08. The summed E-state index contributed by atoms with van der Waals surface area (Å²) in [4.78, 5) is 4.99. The fraction of sp³-hybridized carbons (Fsp3) is 0.360. The molecule has 178 valence electrons. The van der Waals surface area contributed by atoms with Gasteiger partial charge in [0.25, 0.3) is 0 Å². The molecule has 1 saturated heterocycles. The average molecular weight is 480 g/mol. The zero-order valence-electron chi connectivity index (χ0n) is 20.0. The maximum Gasteiger partial charge on any atom is 0.155 e. The van der Waals surface area contributed by atoms with E-state index in [4.69, 9.17) is 0 Å². The zero-order chi connectivity index (χ0) is 24.5. The topological polar surface area (TPSA) is 83.8 Å². The number of hydrogen-bond acceptors (Lipinski definition) is 6. The summed E-state index contributed by atoms with van der Waals surface area (Å²) in [5.41, 5.74) is 3.56. The summed E-state index contributed by atoms with van der Waals surface area (Å²) in [6.07, 6.45) is 11.2. The Morgan fingerprint density at radius 3 is 2.41 bits per heavy atom. The first kappa shape index (κ1) is 25.4. The number of nitrogens with zero attached hydrogens (tertiary/aromatic N) is 6. The van der Waals surface area contributed by atoms with Crippen LogP contribution in [0, 0.1) is 24.1 Å². The van der Waals surface area contributed by atoms with Gasteiger partial charge in [0, 0.05) is 41.2 Å². The van der Waals surface area contributed by atoms with E-state index in [1.165, 1.54) is 56.4 Å². The van der Waals surface area contributed by atoms with Crippen LogP contribution in [0.3, 0.4) is 0 Å². The van der Waals surface area contributed by atoms with Crippen molar-refractivity contribution < 1.29 is 4.39 Å². The molecule has 1 N–H and O–H groups in total. The maximum atomic E-state index is 14.2. The molecule has 0 aromatic carbocycles. The third-order valence-corrected chi connectivity index (χ3v) is 6.11. The highest BCUT2D eigenvalue weighted by Gasteiger charge is 2.16. The first-order chi connectivity index (χ1) is 16.5. The van der Waals surface area contributed by atoms with E-state index in [2.05, 4.69) is 26.6 Å². The summed E-state index contributed by atoms with van der Waals surface area (Å²) in [5.74, 6) is -0.399. The predicted molar refractivity (Wildman–Crippen MR) is 133 cm³/mol. The lowest BCUT2D eigenvalue weighted by Crippen LogP contribution is -2.21. The number of piperidine rings is 1. The summed E-state index contributed by atoms with van der Waals surface area (Å²) in [6.45, 7) is 8.31. The molecule has 0 saturated carbocycles. The Hall–Kier alpha value is -3.22. The molecule has 0 radical (unpaired) electrons. The van der Waals surface area contributed by atoms with Crippen molar-refractivity contribution in [2.24, 2.45) is 7.05 Å². The van der Waals surface area contributed by atoms with Crippen LogP contribution in [-0.2, 0) is 7.05 Å². The van der Waals surface area contributed by atoms with Gasteiger partial charge in [-0.05, 0) is 51.1 Å². The number of hydrogen-bond donors (Lipinski definition) is 1. The van der Waals surface area contributed by atoms with Crippen molar-refractivity contribution >= 4 is 17.3 Å². The van der Waals surface area contributed by atoms with Gasteiger partial charge in [-0.1, -0.05) is 32.0 Å². The molecular weight excluding hydrogens is 449 g/mol. The fourth-order valence-electron chi connectivity index (χ4n) is 3.47. The summed E-state index contributed by atoms with van der Waals surface area (Å²) in [5, 5.41) is 21.4. The Labute approximate surface area is 204 Å². The van der Waals surface area contributed by atoms with Gasteiger partial charge in [0.2, 0.25) is 0 Å². The van der Waals surface area contributed by atoms with Gasteiger partial charge in [-0.15, -0.1) is 0 Å². The number of pyridine rings is 2. The van der Waals surface area contributed by atoms with Crippen molar-refractivity contribution in [3.05, 3.63) is 60.1 Å². The molecule has 1 aliphatic heterocycles. The summed E-state index contributed by atoms with van der Waals surface area (Å²) < 4.78 is 17.5. The lowest BCUT2D eigenvalue weighted by molar-refractivity contribution is 0.520. The minimum absolute atomic E-state index is 0.264. The fourth-order valence-corrected chi connectivity index (χ4v) is 4.52. The van der Waals surface area contributed by atoms with E-state index >= 15 is 0 Å². The van der Waals surface area contributed by atoms with E-state index in [-0.39, 0.29) is 5.03 Å².